The van der Waals surface area contributed by atoms with E-state index in [1.165, 1.54) is 4.70 Å². The largest absolute Gasteiger partial charge is 0.230 e. The second kappa shape index (κ2) is 6.31. The lowest BCUT2D eigenvalue weighted by molar-refractivity contribution is 0.800. The molecule has 0 spiro atoms. The Morgan fingerprint density at radius 3 is 2.78 bits per heavy atom. The summed E-state index contributed by atoms with van der Waals surface area (Å²) in [5, 5.41) is 9.02. The van der Waals surface area contributed by atoms with Crippen LogP contribution in [0.25, 0.3) is 15.9 Å². The third-order valence-electron chi connectivity index (χ3n) is 3.26. The molecule has 4 nitrogen and oxygen atoms in total. The SMILES string of the molecule is Clc1ccccc1-n1cc(CSc2nc3ccccc3s2)nn1. The first-order valence-electron chi connectivity index (χ1n) is 6.94. The highest BCUT2D eigenvalue weighted by Gasteiger charge is 2.08. The molecule has 0 bridgehead atoms. The minimum atomic E-state index is 0.655. The van der Waals surface area contributed by atoms with Crippen LogP contribution in [0, 0.1) is 0 Å². The van der Waals surface area contributed by atoms with Crippen LogP contribution in [0.5, 0.6) is 0 Å². The van der Waals surface area contributed by atoms with Crippen LogP contribution < -0.4 is 0 Å². The van der Waals surface area contributed by atoms with Crippen LogP contribution in [0.2, 0.25) is 5.02 Å². The van der Waals surface area contributed by atoms with Crippen molar-refractivity contribution in [3.8, 4) is 5.69 Å². The van der Waals surface area contributed by atoms with E-state index in [0.717, 1.165) is 27.0 Å². The predicted molar refractivity (Wildman–Crippen MR) is 95.6 cm³/mol. The van der Waals surface area contributed by atoms with E-state index in [1.54, 1.807) is 27.8 Å². The zero-order chi connectivity index (χ0) is 15.6. The fourth-order valence-corrected chi connectivity index (χ4v) is 4.34. The highest BCUT2D eigenvalue weighted by molar-refractivity contribution is 8.00. The van der Waals surface area contributed by atoms with Gasteiger partial charge in [0.1, 0.15) is 0 Å². The van der Waals surface area contributed by atoms with Crippen LogP contribution in [0.4, 0.5) is 0 Å². The quantitative estimate of drug-likeness (QED) is 0.490. The number of thioether (sulfide) groups is 1. The lowest BCUT2D eigenvalue weighted by Gasteiger charge is -2.01. The van der Waals surface area contributed by atoms with Gasteiger partial charge in [0, 0.05) is 5.75 Å². The Balaban J connectivity index is 1.51. The van der Waals surface area contributed by atoms with E-state index in [4.69, 9.17) is 11.6 Å². The maximum atomic E-state index is 6.18. The smallest absolute Gasteiger partial charge is 0.151 e. The van der Waals surface area contributed by atoms with Crippen LogP contribution in [0.3, 0.4) is 0 Å². The number of nitrogens with zero attached hydrogens (tertiary/aromatic N) is 4. The lowest BCUT2D eigenvalue weighted by atomic mass is 10.3. The van der Waals surface area contributed by atoms with Gasteiger partial charge in [-0.25, -0.2) is 9.67 Å². The van der Waals surface area contributed by atoms with Crippen LogP contribution in [0.1, 0.15) is 5.69 Å². The number of hydrogen-bond donors (Lipinski definition) is 0. The molecule has 0 aliphatic carbocycles. The molecule has 2 aromatic carbocycles. The van der Waals surface area contributed by atoms with Crippen molar-refractivity contribution in [3.63, 3.8) is 0 Å². The number of rotatable bonds is 4. The Labute approximate surface area is 146 Å². The molecule has 0 saturated heterocycles. The standard InChI is InChI=1S/C16H11ClN4S2/c17-12-5-1-3-7-14(12)21-9-11(19-20-21)10-22-16-18-13-6-2-4-8-15(13)23-16/h1-9H,10H2. The predicted octanol–water partition coefficient (Wildman–Crippen LogP) is 4.82. The van der Waals surface area contributed by atoms with Crippen molar-refractivity contribution < 1.29 is 0 Å². The van der Waals surface area contributed by atoms with Crippen molar-refractivity contribution in [2.45, 2.75) is 10.1 Å². The molecule has 7 heteroatoms. The molecule has 114 valence electrons. The van der Waals surface area contributed by atoms with Crippen LogP contribution in [-0.2, 0) is 5.75 Å². The molecule has 2 aromatic heterocycles. The highest BCUT2D eigenvalue weighted by Crippen LogP contribution is 2.31. The van der Waals surface area contributed by atoms with E-state index in [1.807, 2.05) is 48.7 Å². The van der Waals surface area contributed by atoms with Crippen LogP contribution in [-0.4, -0.2) is 20.0 Å². The van der Waals surface area contributed by atoms with Crippen molar-refractivity contribution in [2.24, 2.45) is 0 Å². The third-order valence-corrected chi connectivity index (χ3v) is 5.79. The van der Waals surface area contributed by atoms with Crippen molar-refractivity contribution in [1.82, 2.24) is 20.0 Å². The first-order valence-corrected chi connectivity index (χ1v) is 9.12. The molecule has 0 fully saturated rings. The van der Waals surface area contributed by atoms with E-state index in [0.29, 0.717) is 5.02 Å². The van der Waals surface area contributed by atoms with E-state index in [2.05, 4.69) is 21.4 Å². The molecule has 0 amide bonds. The molecule has 4 rings (SSSR count). The first-order chi connectivity index (χ1) is 11.3. The van der Waals surface area contributed by atoms with Crippen molar-refractivity contribution in [3.05, 3.63) is 65.4 Å². The van der Waals surface area contributed by atoms with Gasteiger partial charge in [0.05, 0.1) is 32.8 Å². The van der Waals surface area contributed by atoms with Gasteiger partial charge in [-0.3, -0.25) is 0 Å². The fourth-order valence-electron chi connectivity index (χ4n) is 2.17. The Hall–Kier alpha value is -1.89. The second-order valence-corrected chi connectivity index (χ2v) is 7.50. The van der Waals surface area contributed by atoms with Gasteiger partial charge in [-0.2, -0.15) is 0 Å². The van der Waals surface area contributed by atoms with E-state index < -0.39 is 0 Å². The van der Waals surface area contributed by atoms with Gasteiger partial charge in [0.2, 0.25) is 0 Å². The summed E-state index contributed by atoms with van der Waals surface area (Å²) in [6.07, 6.45) is 1.90. The van der Waals surface area contributed by atoms with Crippen LogP contribution >= 0.6 is 34.7 Å². The first kappa shape index (κ1) is 14.7. The van der Waals surface area contributed by atoms with Gasteiger partial charge in [-0.1, -0.05) is 52.8 Å². The summed E-state index contributed by atoms with van der Waals surface area (Å²) in [5.41, 5.74) is 2.77. The molecule has 0 radical (unpaired) electrons. The molecule has 0 N–H and O–H groups in total. The molecule has 4 aromatic rings. The number of hydrogen-bond acceptors (Lipinski definition) is 5. The molecule has 23 heavy (non-hydrogen) atoms. The highest BCUT2D eigenvalue weighted by atomic mass is 35.5. The van der Waals surface area contributed by atoms with Gasteiger partial charge in [0.25, 0.3) is 0 Å². The average Bonchev–Trinajstić information content (AvgIpc) is 3.19. The molecule has 0 aliphatic heterocycles. The fraction of sp³-hybridized carbons (Fsp3) is 0.0625. The van der Waals surface area contributed by atoms with Gasteiger partial charge in [0.15, 0.2) is 4.34 Å². The van der Waals surface area contributed by atoms with Crippen molar-refractivity contribution in [2.75, 3.05) is 0 Å². The maximum Gasteiger partial charge on any atom is 0.151 e. The molecule has 0 atom stereocenters. The summed E-state index contributed by atoms with van der Waals surface area (Å²) in [6.45, 7) is 0. The molecule has 0 aliphatic rings. The maximum absolute atomic E-state index is 6.18. The topological polar surface area (TPSA) is 43.6 Å². The average molecular weight is 359 g/mol. The van der Waals surface area contributed by atoms with Gasteiger partial charge in [-0.05, 0) is 24.3 Å². The van der Waals surface area contributed by atoms with Crippen LogP contribution in [0.15, 0.2) is 59.1 Å². The number of thiazole rings is 1. The summed E-state index contributed by atoms with van der Waals surface area (Å²) in [4.78, 5) is 4.61. The number of halogens is 1. The number of benzene rings is 2. The number of para-hydroxylation sites is 2. The lowest BCUT2D eigenvalue weighted by Crippen LogP contribution is -1.95. The third kappa shape index (κ3) is 3.10. The van der Waals surface area contributed by atoms with Gasteiger partial charge >= 0.3 is 0 Å². The summed E-state index contributed by atoms with van der Waals surface area (Å²) < 4.78 is 3.95. The summed E-state index contributed by atoms with van der Waals surface area (Å²) in [5.74, 6) is 0.726. The molecular weight excluding hydrogens is 348 g/mol. The van der Waals surface area contributed by atoms with E-state index in [9.17, 15) is 0 Å². The summed E-state index contributed by atoms with van der Waals surface area (Å²) in [6, 6.07) is 15.7. The number of fused-ring (bicyclic) bond motifs is 1. The Kier molecular flexibility index (Phi) is 4.03. The Morgan fingerprint density at radius 1 is 1.09 bits per heavy atom. The summed E-state index contributed by atoms with van der Waals surface area (Å²) >= 11 is 9.55. The molecule has 0 unspecified atom stereocenters. The minimum absolute atomic E-state index is 0.655. The summed E-state index contributed by atoms with van der Waals surface area (Å²) in [7, 11) is 0. The zero-order valence-corrected chi connectivity index (χ0v) is 14.3. The van der Waals surface area contributed by atoms with Gasteiger partial charge in [-0.15, -0.1) is 16.4 Å². The molecule has 2 heterocycles. The van der Waals surface area contributed by atoms with Crippen molar-refractivity contribution >= 4 is 44.9 Å². The second-order valence-electron chi connectivity index (χ2n) is 4.84. The van der Waals surface area contributed by atoms with E-state index >= 15 is 0 Å². The normalized spacial score (nSPS) is 11.2. The van der Waals surface area contributed by atoms with Crippen molar-refractivity contribution in [1.29, 1.82) is 0 Å². The Bertz CT molecular complexity index is 930. The zero-order valence-electron chi connectivity index (χ0n) is 11.9. The van der Waals surface area contributed by atoms with E-state index in [-0.39, 0.29) is 0 Å². The minimum Gasteiger partial charge on any atom is -0.230 e. The van der Waals surface area contributed by atoms with Gasteiger partial charge < -0.3 is 0 Å². The monoisotopic (exact) mass is 358 g/mol. The molecule has 0 saturated carbocycles. The number of aromatic nitrogens is 4. The Morgan fingerprint density at radius 2 is 1.91 bits per heavy atom. The molecular formula is C16H11ClN4S2.